The standard InChI is InChI=1S/C16H25BrN2/c1-18-12-16(9-5-10-16)13-19(2)11-8-14-6-3-4-7-15(14)17/h3-4,6-7,18H,5,8-13H2,1-2H3. The Kier molecular flexibility index (Phi) is 5.43. The summed E-state index contributed by atoms with van der Waals surface area (Å²) in [6.45, 7) is 3.51. The van der Waals surface area contributed by atoms with Crippen molar-refractivity contribution in [1.29, 1.82) is 0 Å². The molecule has 0 bridgehead atoms. The maximum atomic E-state index is 3.63. The molecule has 19 heavy (non-hydrogen) atoms. The van der Waals surface area contributed by atoms with Gasteiger partial charge in [-0.1, -0.05) is 40.5 Å². The first-order valence-electron chi connectivity index (χ1n) is 7.22. The van der Waals surface area contributed by atoms with Gasteiger partial charge in [-0.3, -0.25) is 0 Å². The van der Waals surface area contributed by atoms with Gasteiger partial charge in [0.15, 0.2) is 0 Å². The van der Waals surface area contributed by atoms with E-state index in [1.54, 1.807) is 0 Å². The molecule has 0 amide bonds. The zero-order valence-corrected chi connectivity index (χ0v) is 13.7. The summed E-state index contributed by atoms with van der Waals surface area (Å²) in [4.78, 5) is 2.50. The van der Waals surface area contributed by atoms with Gasteiger partial charge in [-0.15, -0.1) is 0 Å². The highest BCUT2D eigenvalue weighted by Crippen LogP contribution is 2.40. The van der Waals surface area contributed by atoms with Crippen molar-refractivity contribution in [3.8, 4) is 0 Å². The smallest absolute Gasteiger partial charge is 0.0207 e. The highest BCUT2D eigenvalue weighted by Gasteiger charge is 2.36. The predicted octanol–water partition coefficient (Wildman–Crippen LogP) is 3.31. The Morgan fingerprint density at radius 2 is 2.05 bits per heavy atom. The first kappa shape index (κ1) is 15.0. The third-order valence-electron chi connectivity index (χ3n) is 4.29. The second-order valence-corrected chi connectivity index (χ2v) is 6.82. The lowest BCUT2D eigenvalue weighted by Crippen LogP contribution is -2.47. The van der Waals surface area contributed by atoms with Gasteiger partial charge in [-0.25, -0.2) is 0 Å². The highest BCUT2D eigenvalue weighted by atomic mass is 79.9. The second kappa shape index (κ2) is 6.87. The van der Waals surface area contributed by atoms with Gasteiger partial charge in [0.25, 0.3) is 0 Å². The Labute approximate surface area is 125 Å². The normalized spacial score (nSPS) is 17.5. The molecule has 0 heterocycles. The fraction of sp³-hybridized carbons (Fsp3) is 0.625. The SMILES string of the molecule is CNCC1(CN(C)CCc2ccccc2Br)CCC1. The van der Waals surface area contributed by atoms with Crippen LogP contribution in [0.2, 0.25) is 0 Å². The lowest BCUT2D eigenvalue weighted by molar-refractivity contribution is 0.0803. The van der Waals surface area contributed by atoms with E-state index in [4.69, 9.17) is 0 Å². The van der Waals surface area contributed by atoms with Crippen LogP contribution in [0.15, 0.2) is 28.7 Å². The molecule has 2 rings (SSSR count). The van der Waals surface area contributed by atoms with Crippen LogP contribution in [0, 0.1) is 5.41 Å². The number of rotatable bonds is 7. The average molecular weight is 325 g/mol. The molecule has 1 aliphatic carbocycles. The molecule has 0 spiro atoms. The number of nitrogens with one attached hydrogen (secondary N) is 1. The van der Waals surface area contributed by atoms with Gasteiger partial charge >= 0.3 is 0 Å². The molecule has 0 atom stereocenters. The third-order valence-corrected chi connectivity index (χ3v) is 5.07. The van der Waals surface area contributed by atoms with Crippen LogP contribution in [-0.2, 0) is 6.42 Å². The number of benzene rings is 1. The second-order valence-electron chi connectivity index (χ2n) is 5.96. The summed E-state index contributed by atoms with van der Waals surface area (Å²) in [5.41, 5.74) is 1.95. The first-order valence-corrected chi connectivity index (χ1v) is 8.01. The van der Waals surface area contributed by atoms with Gasteiger partial charge in [0.05, 0.1) is 0 Å². The third kappa shape index (κ3) is 4.04. The maximum Gasteiger partial charge on any atom is 0.0207 e. The van der Waals surface area contributed by atoms with E-state index in [0.717, 1.165) is 19.5 Å². The fourth-order valence-corrected chi connectivity index (χ4v) is 3.59. The van der Waals surface area contributed by atoms with Crippen LogP contribution >= 0.6 is 15.9 Å². The molecular formula is C16H25BrN2. The minimum absolute atomic E-state index is 0.539. The number of hydrogen-bond acceptors (Lipinski definition) is 2. The molecule has 0 aromatic heterocycles. The van der Waals surface area contributed by atoms with E-state index in [9.17, 15) is 0 Å². The summed E-state index contributed by atoms with van der Waals surface area (Å²) >= 11 is 3.63. The lowest BCUT2D eigenvalue weighted by atomic mass is 9.68. The predicted molar refractivity (Wildman–Crippen MR) is 85.6 cm³/mol. The summed E-state index contributed by atoms with van der Waals surface area (Å²) < 4.78 is 1.23. The average Bonchev–Trinajstić information content (AvgIpc) is 2.35. The van der Waals surface area contributed by atoms with E-state index in [1.807, 2.05) is 0 Å². The van der Waals surface area contributed by atoms with Crippen LogP contribution in [0.25, 0.3) is 0 Å². The number of halogens is 1. The van der Waals surface area contributed by atoms with Crippen molar-refractivity contribution in [3.63, 3.8) is 0 Å². The van der Waals surface area contributed by atoms with Crippen molar-refractivity contribution < 1.29 is 0 Å². The molecule has 0 aliphatic heterocycles. The zero-order chi connectivity index (χ0) is 13.7. The molecule has 2 nitrogen and oxygen atoms in total. The van der Waals surface area contributed by atoms with Crippen molar-refractivity contribution in [2.45, 2.75) is 25.7 Å². The molecule has 1 aromatic rings. The summed E-state index contributed by atoms with van der Waals surface area (Å²) in [6.07, 6.45) is 5.29. The molecule has 3 heteroatoms. The summed E-state index contributed by atoms with van der Waals surface area (Å²) in [6, 6.07) is 8.54. The van der Waals surface area contributed by atoms with Crippen molar-refractivity contribution >= 4 is 15.9 Å². The fourth-order valence-electron chi connectivity index (χ4n) is 3.11. The molecule has 0 saturated heterocycles. The molecule has 1 aliphatic rings. The zero-order valence-electron chi connectivity index (χ0n) is 12.1. The monoisotopic (exact) mass is 324 g/mol. The van der Waals surface area contributed by atoms with Crippen molar-refractivity contribution in [1.82, 2.24) is 10.2 Å². The van der Waals surface area contributed by atoms with Gasteiger partial charge in [0.2, 0.25) is 0 Å². The first-order chi connectivity index (χ1) is 9.15. The number of likely N-dealkylation sites (N-methyl/N-ethyl adjacent to an activating group) is 1. The van der Waals surface area contributed by atoms with Gasteiger partial charge in [0.1, 0.15) is 0 Å². The van der Waals surface area contributed by atoms with Crippen LogP contribution in [-0.4, -0.2) is 38.6 Å². The number of hydrogen-bond donors (Lipinski definition) is 1. The van der Waals surface area contributed by atoms with E-state index in [1.165, 1.54) is 35.8 Å². The molecule has 0 radical (unpaired) electrons. The molecule has 1 saturated carbocycles. The molecular weight excluding hydrogens is 300 g/mol. The summed E-state index contributed by atoms with van der Waals surface area (Å²) in [5, 5.41) is 3.36. The minimum Gasteiger partial charge on any atom is -0.319 e. The molecule has 1 fully saturated rings. The Balaban J connectivity index is 1.81. The van der Waals surface area contributed by atoms with Crippen LogP contribution in [0.3, 0.4) is 0 Å². The highest BCUT2D eigenvalue weighted by molar-refractivity contribution is 9.10. The summed E-state index contributed by atoms with van der Waals surface area (Å²) in [7, 11) is 4.33. The van der Waals surface area contributed by atoms with E-state index in [0.29, 0.717) is 5.41 Å². The molecule has 1 N–H and O–H groups in total. The Morgan fingerprint density at radius 1 is 1.32 bits per heavy atom. The van der Waals surface area contributed by atoms with E-state index in [-0.39, 0.29) is 0 Å². The number of nitrogens with zero attached hydrogens (tertiary/aromatic N) is 1. The van der Waals surface area contributed by atoms with Gasteiger partial charge in [-0.05, 0) is 50.4 Å². The van der Waals surface area contributed by atoms with Gasteiger partial charge in [-0.2, -0.15) is 0 Å². The van der Waals surface area contributed by atoms with Crippen molar-refractivity contribution in [3.05, 3.63) is 34.3 Å². The topological polar surface area (TPSA) is 15.3 Å². The van der Waals surface area contributed by atoms with Gasteiger partial charge in [0, 0.05) is 24.1 Å². The quantitative estimate of drug-likeness (QED) is 0.827. The molecule has 106 valence electrons. The van der Waals surface area contributed by atoms with Crippen molar-refractivity contribution in [2.24, 2.45) is 5.41 Å². The minimum atomic E-state index is 0.539. The van der Waals surface area contributed by atoms with Crippen LogP contribution in [0.4, 0.5) is 0 Å². The largest absolute Gasteiger partial charge is 0.319 e. The Hall–Kier alpha value is -0.380. The van der Waals surface area contributed by atoms with Crippen LogP contribution in [0.1, 0.15) is 24.8 Å². The van der Waals surface area contributed by atoms with Crippen molar-refractivity contribution in [2.75, 3.05) is 33.7 Å². The maximum absolute atomic E-state index is 3.63. The van der Waals surface area contributed by atoms with E-state index < -0.39 is 0 Å². The molecule has 1 aromatic carbocycles. The van der Waals surface area contributed by atoms with E-state index in [2.05, 4.69) is 64.5 Å². The Morgan fingerprint density at radius 3 is 2.63 bits per heavy atom. The van der Waals surface area contributed by atoms with Crippen LogP contribution < -0.4 is 5.32 Å². The van der Waals surface area contributed by atoms with Crippen LogP contribution in [0.5, 0.6) is 0 Å². The lowest BCUT2D eigenvalue weighted by Gasteiger charge is -2.44. The Bertz CT molecular complexity index is 401. The van der Waals surface area contributed by atoms with Gasteiger partial charge < -0.3 is 10.2 Å². The summed E-state index contributed by atoms with van der Waals surface area (Å²) in [5.74, 6) is 0. The van der Waals surface area contributed by atoms with E-state index >= 15 is 0 Å². The molecule has 0 unspecified atom stereocenters.